The number of rotatable bonds is 2. The lowest BCUT2D eigenvalue weighted by molar-refractivity contribution is 0.853. The van der Waals surface area contributed by atoms with Crippen molar-refractivity contribution < 1.29 is 0 Å². The Morgan fingerprint density at radius 3 is 3.00 bits per heavy atom. The van der Waals surface area contributed by atoms with Gasteiger partial charge in [-0.1, -0.05) is 17.7 Å². The van der Waals surface area contributed by atoms with Gasteiger partial charge in [0.25, 0.3) is 0 Å². The molecule has 0 fully saturated rings. The fourth-order valence-corrected chi connectivity index (χ4v) is 2.71. The first-order valence-electron chi connectivity index (χ1n) is 5.18. The zero-order valence-electron chi connectivity index (χ0n) is 8.93. The van der Waals surface area contributed by atoms with E-state index in [1.54, 1.807) is 11.3 Å². The van der Waals surface area contributed by atoms with Crippen LogP contribution >= 0.6 is 22.9 Å². The van der Waals surface area contributed by atoms with Gasteiger partial charge in [-0.05, 0) is 29.6 Å². The number of nitrogens with zero attached hydrogens (tertiary/aromatic N) is 2. The van der Waals surface area contributed by atoms with E-state index in [0.717, 1.165) is 17.6 Å². The molecule has 3 rings (SSSR count). The summed E-state index contributed by atoms with van der Waals surface area (Å²) in [7, 11) is 0. The molecule has 5 heteroatoms. The first-order valence-corrected chi connectivity index (χ1v) is 6.43. The quantitative estimate of drug-likeness (QED) is 0.770. The number of halogens is 1. The Balaban J connectivity index is 2.12. The van der Waals surface area contributed by atoms with E-state index in [0.29, 0.717) is 11.0 Å². The van der Waals surface area contributed by atoms with E-state index in [-0.39, 0.29) is 0 Å². The van der Waals surface area contributed by atoms with Crippen molar-refractivity contribution in [3.63, 3.8) is 0 Å². The minimum atomic E-state index is 0.524. The number of nitrogens with two attached hydrogens (primary N) is 1. The average Bonchev–Trinajstić information content (AvgIpc) is 2.88. The normalized spacial score (nSPS) is 11.1. The van der Waals surface area contributed by atoms with Gasteiger partial charge in [0, 0.05) is 9.90 Å². The number of thiophene rings is 1. The van der Waals surface area contributed by atoms with Crippen LogP contribution in [0, 0.1) is 0 Å². The molecule has 0 aliphatic rings. The lowest BCUT2D eigenvalue weighted by Gasteiger charge is -2.04. The second-order valence-corrected chi connectivity index (χ2v) is 5.24. The van der Waals surface area contributed by atoms with Crippen molar-refractivity contribution in [2.75, 3.05) is 5.73 Å². The van der Waals surface area contributed by atoms with Crippen molar-refractivity contribution in [3.05, 3.63) is 45.6 Å². The highest BCUT2D eigenvalue weighted by atomic mass is 35.5. The monoisotopic (exact) mass is 263 g/mol. The van der Waals surface area contributed by atoms with Crippen LogP contribution in [-0.2, 0) is 6.54 Å². The van der Waals surface area contributed by atoms with Gasteiger partial charge in [-0.3, -0.25) is 0 Å². The van der Waals surface area contributed by atoms with Crippen molar-refractivity contribution in [1.82, 2.24) is 9.55 Å². The molecule has 0 aliphatic carbocycles. The van der Waals surface area contributed by atoms with E-state index in [4.69, 9.17) is 17.3 Å². The van der Waals surface area contributed by atoms with Crippen LogP contribution in [0.4, 0.5) is 5.95 Å². The summed E-state index contributed by atoms with van der Waals surface area (Å²) in [5.74, 6) is 0.524. The average molecular weight is 264 g/mol. The van der Waals surface area contributed by atoms with E-state index < -0.39 is 0 Å². The fraction of sp³-hybridized carbons (Fsp3) is 0.0833. The predicted molar refractivity (Wildman–Crippen MR) is 72.6 cm³/mol. The van der Waals surface area contributed by atoms with Gasteiger partial charge in [0.05, 0.1) is 17.6 Å². The number of imidazole rings is 1. The molecule has 2 heterocycles. The maximum absolute atomic E-state index is 5.94. The van der Waals surface area contributed by atoms with Gasteiger partial charge in [-0.2, -0.15) is 0 Å². The number of nitrogen functional groups attached to an aromatic ring is 1. The molecule has 0 spiro atoms. The van der Waals surface area contributed by atoms with Crippen LogP contribution in [0.25, 0.3) is 11.0 Å². The fourth-order valence-electron chi connectivity index (χ4n) is 1.85. The summed E-state index contributed by atoms with van der Waals surface area (Å²) in [6.07, 6.45) is 0. The summed E-state index contributed by atoms with van der Waals surface area (Å²) in [5, 5.41) is 2.74. The predicted octanol–water partition coefficient (Wildman–Crippen LogP) is 3.38. The number of anilines is 1. The molecule has 0 atom stereocenters. The Hall–Kier alpha value is -1.52. The number of hydrogen-bond donors (Lipinski definition) is 1. The van der Waals surface area contributed by atoms with E-state index in [2.05, 4.69) is 16.4 Å². The van der Waals surface area contributed by atoms with Gasteiger partial charge in [-0.25, -0.2) is 4.98 Å². The Kier molecular flexibility index (Phi) is 2.53. The molecule has 0 aliphatic heterocycles. The molecular formula is C12H10ClN3S. The summed E-state index contributed by atoms with van der Waals surface area (Å²) < 4.78 is 2.00. The van der Waals surface area contributed by atoms with E-state index in [9.17, 15) is 0 Å². The third-order valence-electron chi connectivity index (χ3n) is 2.63. The minimum Gasteiger partial charge on any atom is -0.369 e. The van der Waals surface area contributed by atoms with Gasteiger partial charge in [-0.15, -0.1) is 11.3 Å². The second-order valence-electron chi connectivity index (χ2n) is 3.77. The summed E-state index contributed by atoms with van der Waals surface area (Å²) >= 11 is 7.65. The molecular weight excluding hydrogens is 254 g/mol. The second kappa shape index (κ2) is 4.05. The number of hydrogen-bond acceptors (Lipinski definition) is 3. The molecule has 86 valence electrons. The summed E-state index contributed by atoms with van der Waals surface area (Å²) in [6, 6.07) is 9.76. The highest BCUT2D eigenvalue weighted by Gasteiger charge is 2.09. The largest absolute Gasteiger partial charge is 0.369 e. The zero-order chi connectivity index (χ0) is 11.8. The van der Waals surface area contributed by atoms with E-state index in [1.165, 1.54) is 4.88 Å². The molecule has 3 aromatic rings. The molecule has 0 radical (unpaired) electrons. The van der Waals surface area contributed by atoms with Crippen molar-refractivity contribution in [1.29, 1.82) is 0 Å². The summed E-state index contributed by atoms with van der Waals surface area (Å²) in [5.41, 5.74) is 7.79. The van der Waals surface area contributed by atoms with Crippen LogP contribution < -0.4 is 5.73 Å². The van der Waals surface area contributed by atoms with Gasteiger partial charge in [0.15, 0.2) is 0 Å². The van der Waals surface area contributed by atoms with Gasteiger partial charge < -0.3 is 10.3 Å². The molecule has 0 saturated carbocycles. The van der Waals surface area contributed by atoms with Gasteiger partial charge in [0.2, 0.25) is 5.95 Å². The van der Waals surface area contributed by atoms with Crippen LogP contribution in [0.1, 0.15) is 4.88 Å². The molecule has 0 saturated heterocycles. The Morgan fingerprint density at radius 1 is 1.35 bits per heavy atom. The molecule has 17 heavy (non-hydrogen) atoms. The molecule has 0 unspecified atom stereocenters. The smallest absolute Gasteiger partial charge is 0.201 e. The molecule has 2 N–H and O–H groups in total. The Labute approximate surface area is 107 Å². The topological polar surface area (TPSA) is 43.8 Å². The number of fused-ring (bicyclic) bond motifs is 1. The Morgan fingerprint density at radius 2 is 2.24 bits per heavy atom. The lowest BCUT2D eigenvalue weighted by Crippen LogP contribution is -2.03. The highest BCUT2D eigenvalue weighted by molar-refractivity contribution is 7.09. The molecule has 0 amide bonds. The van der Waals surface area contributed by atoms with Crippen molar-refractivity contribution in [2.24, 2.45) is 0 Å². The van der Waals surface area contributed by atoms with Gasteiger partial charge in [0.1, 0.15) is 0 Å². The SMILES string of the molecule is Nc1nc2cc(Cl)ccc2n1Cc1cccs1. The summed E-state index contributed by atoms with van der Waals surface area (Å²) in [4.78, 5) is 5.57. The minimum absolute atomic E-state index is 0.524. The van der Waals surface area contributed by atoms with Crippen LogP contribution in [-0.4, -0.2) is 9.55 Å². The molecule has 2 aromatic heterocycles. The van der Waals surface area contributed by atoms with Crippen molar-refractivity contribution in [2.45, 2.75) is 6.54 Å². The number of aromatic nitrogens is 2. The van der Waals surface area contributed by atoms with Crippen LogP contribution in [0.3, 0.4) is 0 Å². The maximum atomic E-state index is 5.94. The standard InChI is InChI=1S/C12H10ClN3S/c13-8-3-4-11-10(6-8)15-12(14)16(11)7-9-2-1-5-17-9/h1-6H,7H2,(H2,14,15). The van der Waals surface area contributed by atoms with Crippen LogP contribution in [0.2, 0.25) is 5.02 Å². The van der Waals surface area contributed by atoms with Crippen LogP contribution in [0.5, 0.6) is 0 Å². The van der Waals surface area contributed by atoms with Crippen LogP contribution in [0.15, 0.2) is 35.7 Å². The van der Waals surface area contributed by atoms with E-state index in [1.807, 2.05) is 28.8 Å². The molecule has 0 bridgehead atoms. The molecule has 1 aromatic carbocycles. The van der Waals surface area contributed by atoms with E-state index >= 15 is 0 Å². The van der Waals surface area contributed by atoms with Gasteiger partial charge >= 0.3 is 0 Å². The Bertz CT molecular complexity index is 658. The summed E-state index contributed by atoms with van der Waals surface area (Å²) in [6.45, 7) is 0.752. The third kappa shape index (κ3) is 1.90. The first-order chi connectivity index (χ1) is 8.24. The lowest BCUT2D eigenvalue weighted by atomic mass is 10.3. The highest BCUT2D eigenvalue weighted by Crippen LogP contribution is 2.23. The van der Waals surface area contributed by atoms with Crippen molar-refractivity contribution >= 4 is 39.9 Å². The maximum Gasteiger partial charge on any atom is 0.201 e. The third-order valence-corrected chi connectivity index (χ3v) is 3.73. The van der Waals surface area contributed by atoms with Crippen molar-refractivity contribution in [3.8, 4) is 0 Å². The zero-order valence-corrected chi connectivity index (χ0v) is 10.5. The molecule has 3 nitrogen and oxygen atoms in total. The number of benzene rings is 1. The first kappa shape index (κ1) is 10.6.